The summed E-state index contributed by atoms with van der Waals surface area (Å²) < 4.78 is 10.5. The van der Waals surface area contributed by atoms with Gasteiger partial charge in [-0.05, 0) is 32.1 Å². The van der Waals surface area contributed by atoms with E-state index in [2.05, 4.69) is 6.58 Å². The van der Waals surface area contributed by atoms with Gasteiger partial charge in [-0.1, -0.05) is 30.4 Å². The van der Waals surface area contributed by atoms with Crippen LogP contribution in [0.15, 0.2) is 49.3 Å². The summed E-state index contributed by atoms with van der Waals surface area (Å²) in [6.45, 7) is 8.02. The van der Waals surface area contributed by atoms with Gasteiger partial charge in [0.2, 0.25) is 0 Å². The third kappa shape index (κ3) is 11.3. The second-order valence-corrected chi connectivity index (χ2v) is 4.15. The number of rotatable bonds is 7. The van der Waals surface area contributed by atoms with E-state index in [0.29, 0.717) is 13.2 Å². The second-order valence-electron chi connectivity index (χ2n) is 4.15. The Labute approximate surface area is 121 Å². The number of hydrogen-bond donors (Lipinski definition) is 2. The molecule has 0 aliphatic heterocycles. The van der Waals surface area contributed by atoms with Crippen molar-refractivity contribution >= 4 is 0 Å². The molecule has 0 fully saturated rings. The summed E-state index contributed by atoms with van der Waals surface area (Å²) in [5.74, 6) is 0.869. The van der Waals surface area contributed by atoms with E-state index in [1.807, 2.05) is 37.3 Å². The molecule has 0 radical (unpaired) electrons. The molecular weight excluding hydrogens is 256 g/mol. The van der Waals surface area contributed by atoms with Crippen molar-refractivity contribution in [2.75, 3.05) is 19.8 Å². The minimum atomic E-state index is -0.560. The summed E-state index contributed by atoms with van der Waals surface area (Å²) in [5.41, 5.74) is 1.23. The highest BCUT2D eigenvalue weighted by Gasteiger charge is 1.89. The molecule has 0 amide bonds. The number of aliphatic hydroxyl groups is 2. The predicted molar refractivity (Wildman–Crippen MR) is 80.7 cm³/mol. The topological polar surface area (TPSA) is 58.9 Å². The van der Waals surface area contributed by atoms with Crippen molar-refractivity contribution in [3.8, 4) is 5.75 Å². The van der Waals surface area contributed by atoms with Crippen molar-refractivity contribution in [2.24, 2.45) is 0 Å². The Morgan fingerprint density at radius 3 is 2.35 bits per heavy atom. The first kappa shape index (κ1) is 18.2. The van der Waals surface area contributed by atoms with Gasteiger partial charge >= 0.3 is 0 Å². The van der Waals surface area contributed by atoms with Gasteiger partial charge in [-0.3, -0.25) is 0 Å². The van der Waals surface area contributed by atoms with Crippen LogP contribution in [0.4, 0.5) is 0 Å². The molecule has 20 heavy (non-hydrogen) atoms. The van der Waals surface area contributed by atoms with Gasteiger partial charge in [-0.2, -0.15) is 0 Å². The highest BCUT2D eigenvalue weighted by Crippen LogP contribution is 2.10. The van der Waals surface area contributed by atoms with E-state index in [-0.39, 0.29) is 6.61 Å². The van der Waals surface area contributed by atoms with Gasteiger partial charge in [-0.15, -0.1) is 0 Å². The van der Waals surface area contributed by atoms with Gasteiger partial charge in [0.05, 0.1) is 19.0 Å². The first-order valence-corrected chi connectivity index (χ1v) is 6.46. The van der Waals surface area contributed by atoms with Crippen LogP contribution in [0.3, 0.4) is 0 Å². The molecule has 0 spiro atoms. The Balaban J connectivity index is 0.000000621. The first-order valence-electron chi connectivity index (χ1n) is 6.46. The predicted octanol–water partition coefficient (Wildman–Crippen LogP) is 2.45. The lowest BCUT2D eigenvalue weighted by molar-refractivity contribution is 0.110. The van der Waals surface area contributed by atoms with Gasteiger partial charge in [0.25, 0.3) is 0 Å². The minimum absolute atomic E-state index is 0.139. The maximum Gasteiger partial charge on any atom is 0.119 e. The Bertz CT molecular complexity index is 369. The second kappa shape index (κ2) is 12.3. The molecule has 1 aromatic rings. The molecule has 0 saturated carbocycles. The summed E-state index contributed by atoms with van der Waals surface area (Å²) in [6.07, 6.45) is 4.58. The van der Waals surface area contributed by atoms with Crippen LogP contribution >= 0.6 is 0 Å². The molecule has 4 heteroatoms. The molecule has 0 aliphatic carbocycles. The fraction of sp³-hybridized carbons (Fsp3) is 0.375. The van der Waals surface area contributed by atoms with Crippen LogP contribution in [-0.2, 0) is 4.74 Å². The summed E-state index contributed by atoms with van der Waals surface area (Å²) in [4.78, 5) is 0. The Kier molecular flexibility index (Phi) is 11.2. The van der Waals surface area contributed by atoms with Crippen LogP contribution in [0.5, 0.6) is 5.75 Å². The third-order valence-corrected chi connectivity index (χ3v) is 2.04. The molecule has 1 unspecified atom stereocenters. The average Bonchev–Trinajstić information content (AvgIpc) is 2.45. The van der Waals surface area contributed by atoms with E-state index >= 15 is 0 Å². The van der Waals surface area contributed by atoms with Crippen LogP contribution in [0.2, 0.25) is 0 Å². The molecule has 0 aliphatic rings. The average molecular weight is 280 g/mol. The molecule has 0 bridgehead atoms. The van der Waals surface area contributed by atoms with Crippen molar-refractivity contribution in [3.05, 3.63) is 54.8 Å². The number of aryl methyl sites for hydroxylation is 1. The summed E-state index contributed by atoms with van der Waals surface area (Å²) in [7, 11) is 0. The van der Waals surface area contributed by atoms with Gasteiger partial charge in [-0.25, -0.2) is 0 Å². The molecular formula is C16H24O4. The number of aliphatic hydroxyl groups excluding tert-OH is 2. The minimum Gasteiger partial charge on any atom is -0.497 e. The largest absolute Gasteiger partial charge is 0.497 e. The summed E-state index contributed by atoms with van der Waals surface area (Å²) >= 11 is 0. The van der Waals surface area contributed by atoms with Crippen molar-refractivity contribution in [2.45, 2.75) is 20.0 Å². The SMILES string of the molecule is C=CCOC=CCOc1ccc(C)cc1.CC(O)CO. The molecule has 0 aromatic heterocycles. The van der Waals surface area contributed by atoms with E-state index in [0.717, 1.165) is 5.75 Å². The van der Waals surface area contributed by atoms with E-state index < -0.39 is 6.10 Å². The van der Waals surface area contributed by atoms with Gasteiger partial charge < -0.3 is 19.7 Å². The van der Waals surface area contributed by atoms with Gasteiger partial charge in [0.15, 0.2) is 0 Å². The van der Waals surface area contributed by atoms with Crippen molar-refractivity contribution in [1.29, 1.82) is 0 Å². The van der Waals surface area contributed by atoms with Gasteiger partial charge in [0.1, 0.15) is 19.0 Å². The van der Waals surface area contributed by atoms with Gasteiger partial charge in [0, 0.05) is 0 Å². The van der Waals surface area contributed by atoms with Crippen molar-refractivity contribution < 1.29 is 19.7 Å². The normalized spacial score (nSPS) is 11.4. The molecule has 1 aromatic carbocycles. The highest BCUT2D eigenvalue weighted by molar-refractivity contribution is 5.26. The van der Waals surface area contributed by atoms with Crippen LogP contribution in [-0.4, -0.2) is 36.1 Å². The highest BCUT2D eigenvalue weighted by atomic mass is 16.5. The lowest BCUT2D eigenvalue weighted by Crippen LogP contribution is -2.03. The molecule has 1 atom stereocenters. The number of ether oxygens (including phenoxy) is 2. The van der Waals surface area contributed by atoms with Crippen LogP contribution < -0.4 is 4.74 Å². The lowest BCUT2D eigenvalue weighted by atomic mass is 10.2. The van der Waals surface area contributed by atoms with Crippen LogP contribution in [0.1, 0.15) is 12.5 Å². The maximum absolute atomic E-state index is 8.11. The zero-order valence-electron chi connectivity index (χ0n) is 12.2. The molecule has 2 N–H and O–H groups in total. The smallest absolute Gasteiger partial charge is 0.119 e. The summed E-state index contributed by atoms with van der Waals surface area (Å²) in [5, 5.41) is 16.0. The zero-order chi connectivity index (χ0) is 15.2. The fourth-order valence-corrected chi connectivity index (χ4v) is 1.01. The third-order valence-electron chi connectivity index (χ3n) is 2.04. The zero-order valence-corrected chi connectivity index (χ0v) is 12.2. The number of benzene rings is 1. The Hall–Kier alpha value is -1.78. The van der Waals surface area contributed by atoms with Crippen LogP contribution in [0.25, 0.3) is 0 Å². The van der Waals surface area contributed by atoms with Crippen molar-refractivity contribution in [1.82, 2.24) is 0 Å². The molecule has 112 valence electrons. The maximum atomic E-state index is 8.11. The molecule has 4 nitrogen and oxygen atoms in total. The Morgan fingerprint density at radius 2 is 1.85 bits per heavy atom. The number of hydrogen-bond acceptors (Lipinski definition) is 4. The first-order chi connectivity index (χ1) is 9.60. The van der Waals surface area contributed by atoms with E-state index in [1.165, 1.54) is 12.5 Å². The fourth-order valence-electron chi connectivity index (χ4n) is 1.01. The van der Waals surface area contributed by atoms with Crippen molar-refractivity contribution in [3.63, 3.8) is 0 Å². The van der Waals surface area contributed by atoms with E-state index in [9.17, 15) is 0 Å². The monoisotopic (exact) mass is 280 g/mol. The lowest BCUT2D eigenvalue weighted by Gasteiger charge is -2.02. The molecule has 0 heterocycles. The quantitative estimate of drug-likeness (QED) is 0.457. The summed E-state index contributed by atoms with van der Waals surface area (Å²) in [6, 6.07) is 7.95. The Morgan fingerprint density at radius 1 is 1.25 bits per heavy atom. The molecule has 0 saturated heterocycles. The van der Waals surface area contributed by atoms with Crippen LogP contribution in [0, 0.1) is 6.92 Å². The van der Waals surface area contributed by atoms with E-state index in [4.69, 9.17) is 19.7 Å². The molecule has 1 rings (SSSR count). The standard InChI is InChI=1S/C13H16O2.C3H8O2/c1-3-9-14-10-4-11-15-13-7-5-12(2)6-8-13;1-3(5)2-4/h3-8,10H,1,9,11H2,2H3;3-5H,2H2,1H3. The van der Waals surface area contributed by atoms with E-state index in [1.54, 1.807) is 12.3 Å².